The van der Waals surface area contributed by atoms with Crippen molar-refractivity contribution in [2.24, 2.45) is 0 Å². The number of amides is 1. The SMILES string of the molecule is C[NH+]1CCc2c(sc3c2C(=O)N[C@@H](c2cc(Br)cc(Cl)c2[O-])N3)C1. The van der Waals surface area contributed by atoms with Crippen LogP contribution in [0.1, 0.15) is 32.5 Å². The summed E-state index contributed by atoms with van der Waals surface area (Å²) in [5, 5.41) is 19.5. The van der Waals surface area contributed by atoms with Gasteiger partial charge < -0.3 is 20.6 Å². The Bertz CT molecular complexity index is 854. The van der Waals surface area contributed by atoms with Crippen molar-refractivity contribution in [3.05, 3.63) is 43.2 Å². The van der Waals surface area contributed by atoms with Crippen LogP contribution in [0.15, 0.2) is 16.6 Å². The molecule has 5 nitrogen and oxygen atoms in total. The number of hydrogen-bond acceptors (Lipinski definition) is 4. The van der Waals surface area contributed by atoms with Gasteiger partial charge in [-0.2, -0.15) is 0 Å². The first kappa shape index (κ1) is 16.2. The van der Waals surface area contributed by atoms with Crippen LogP contribution in [0.4, 0.5) is 5.00 Å². The van der Waals surface area contributed by atoms with Gasteiger partial charge in [-0.3, -0.25) is 4.79 Å². The lowest BCUT2D eigenvalue weighted by molar-refractivity contribution is -0.895. The number of likely N-dealkylation sites (N-methyl/N-ethyl adjacent to an activating group) is 1. The van der Waals surface area contributed by atoms with Gasteiger partial charge in [0.05, 0.1) is 24.0 Å². The van der Waals surface area contributed by atoms with Crippen LogP contribution in [0.2, 0.25) is 5.02 Å². The Morgan fingerprint density at radius 3 is 3.00 bits per heavy atom. The third kappa shape index (κ3) is 2.60. The molecule has 1 amide bonds. The fraction of sp³-hybridized carbons (Fsp3) is 0.312. The van der Waals surface area contributed by atoms with Gasteiger partial charge in [0, 0.05) is 15.9 Å². The second-order valence-corrected chi connectivity index (χ2v) is 8.63. The highest BCUT2D eigenvalue weighted by Crippen LogP contribution is 2.41. The molecule has 2 aliphatic rings. The van der Waals surface area contributed by atoms with Crippen LogP contribution in [0, 0.1) is 0 Å². The molecule has 0 radical (unpaired) electrons. The fourth-order valence-corrected chi connectivity index (χ4v) is 5.50. The maximum atomic E-state index is 12.7. The van der Waals surface area contributed by atoms with E-state index in [1.54, 1.807) is 23.5 Å². The molecule has 1 aromatic heterocycles. The van der Waals surface area contributed by atoms with E-state index in [9.17, 15) is 9.90 Å². The minimum absolute atomic E-state index is 0.124. The summed E-state index contributed by atoms with van der Waals surface area (Å²) in [4.78, 5) is 15.4. The van der Waals surface area contributed by atoms with E-state index < -0.39 is 6.17 Å². The molecule has 1 unspecified atom stereocenters. The average molecular weight is 429 g/mol. The van der Waals surface area contributed by atoms with Gasteiger partial charge in [0.1, 0.15) is 17.7 Å². The highest BCUT2D eigenvalue weighted by Gasteiger charge is 2.34. The number of quaternary nitrogens is 1. The summed E-state index contributed by atoms with van der Waals surface area (Å²) in [7, 11) is 2.16. The quantitative estimate of drug-likeness (QED) is 0.647. The summed E-state index contributed by atoms with van der Waals surface area (Å²) in [5.41, 5.74) is 2.33. The number of nitrogens with one attached hydrogen (secondary N) is 3. The zero-order chi connectivity index (χ0) is 17.0. The maximum Gasteiger partial charge on any atom is 0.256 e. The second-order valence-electron chi connectivity index (χ2n) is 6.20. The smallest absolute Gasteiger partial charge is 0.256 e. The van der Waals surface area contributed by atoms with Crippen molar-refractivity contribution in [3.63, 3.8) is 0 Å². The van der Waals surface area contributed by atoms with Crippen LogP contribution in [-0.2, 0) is 13.0 Å². The molecule has 3 heterocycles. The number of halogens is 2. The van der Waals surface area contributed by atoms with Crippen molar-refractivity contribution in [2.45, 2.75) is 19.1 Å². The highest BCUT2D eigenvalue weighted by molar-refractivity contribution is 9.10. The van der Waals surface area contributed by atoms with Crippen molar-refractivity contribution in [3.8, 4) is 5.75 Å². The molecule has 0 spiro atoms. The number of rotatable bonds is 1. The van der Waals surface area contributed by atoms with E-state index in [1.165, 1.54) is 9.78 Å². The van der Waals surface area contributed by atoms with Gasteiger partial charge in [-0.1, -0.05) is 33.3 Å². The molecular formula is C16H15BrClN3O2S. The molecule has 126 valence electrons. The van der Waals surface area contributed by atoms with Crippen LogP contribution in [-0.4, -0.2) is 19.5 Å². The Balaban J connectivity index is 1.74. The van der Waals surface area contributed by atoms with Crippen molar-refractivity contribution < 1.29 is 14.8 Å². The number of hydrogen-bond donors (Lipinski definition) is 3. The minimum atomic E-state index is -0.572. The van der Waals surface area contributed by atoms with E-state index >= 15 is 0 Å². The van der Waals surface area contributed by atoms with Crippen LogP contribution in [0.3, 0.4) is 0 Å². The van der Waals surface area contributed by atoms with Crippen LogP contribution >= 0.6 is 38.9 Å². The Morgan fingerprint density at radius 2 is 2.21 bits per heavy atom. The first-order valence-corrected chi connectivity index (χ1v) is 9.62. The van der Waals surface area contributed by atoms with Crippen molar-refractivity contribution >= 4 is 49.8 Å². The van der Waals surface area contributed by atoms with E-state index in [0.29, 0.717) is 10.0 Å². The van der Waals surface area contributed by atoms with Crippen LogP contribution in [0.5, 0.6) is 5.75 Å². The molecule has 0 bridgehead atoms. The van der Waals surface area contributed by atoms with Crippen LogP contribution in [0.25, 0.3) is 0 Å². The maximum absolute atomic E-state index is 12.7. The van der Waals surface area contributed by atoms with Gasteiger partial charge in [-0.15, -0.1) is 11.3 Å². The second kappa shape index (κ2) is 5.91. The Kier molecular flexibility index (Phi) is 3.99. The third-order valence-corrected chi connectivity index (χ3v) is 6.38. The molecule has 1 aromatic carbocycles. The molecule has 3 N–H and O–H groups in total. The largest absolute Gasteiger partial charge is 0.871 e. The van der Waals surface area contributed by atoms with Gasteiger partial charge in [0.15, 0.2) is 0 Å². The number of carbonyl (C=O) groups excluding carboxylic acids is 1. The molecule has 2 aliphatic heterocycles. The Morgan fingerprint density at radius 1 is 1.42 bits per heavy atom. The number of fused-ring (bicyclic) bond motifs is 3. The lowest BCUT2D eigenvalue weighted by atomic mass is 10.0. The number of anilines is 1. The predicted molar refractivity (Wildman–Crippen MR) is 95.9 cm³/mol. The van der Waals surface area contributed by atoms with Crippen molar-refractivity contribution in [2.75, 3.05) is 18.9 Å². The Hall–Kier alpha value is -1.28. The summed E-state index contributed by atoms with van der Waals surface area (Å²) >= 11 is 11.0. The van der Waals surface area contributed by atoms with E-state index in [0.717, 1.165) is 35.6 Å². The summed E-state index contributed by atoms with van der Waals surface area (Å²) in [6.07, 6.45) is 0.333. The molecule has 0 saturated heterocycles. The minimum Gasteiger partial charge on any atom is -0.871 e. The summed E-state index contributed by atoms with van der Waals surface area (Å²) in [6, 6.07) is 3.26. The molecule has 0 fully saturated rings. The zero-order valence-electron chi connectivity index (χ0n) is 12.8. The molecular weight excluding hydrogens is 414 g/mol. The van der Waals surface area contributed by atoms with Gasteiger partial charge in [-0.05, 0) is 23.3 Å². The van der Waals surface area contributed by atoms with Gasteiger partial charge in [0.2, 0.25) is 0 Å². The van der Waals surface area contributed by atoms with Crippen molar-refractivity contribution in [1.82, 2.24) is 5.32 Å². The number of benzene rings is 1. The van der Waals surface area contributed by atoms with Gasteiger partial charge in [0.25, 0.3) is 5.91 Å². The van der Waals surface area contributed by atoms with Crippen LogP contribution < -0.4 is 20.6 Å². The van der Waals surface area contributed by atoms with E-state index in [2.05, 4.69) is 33.6 Å². The molecule has 8 heteroatoms. The standard InChI is InChI=1S/C16H15BrClN3O2S/c1-21-3-2-8-11(6-21)24-16-12(8)15(23)19-14(20-16)9-4-7(17)5-10(18)13(9)22/h4-5,14,20,22H,2-3,6H2,1H3,(H,19,23)/t14-/m1/s1. The van der Waals surface area contributed by atoms with Crippen molar-refractivity contribution in [1.29, 1.82) is 0 Å². The number of thiophene rings is 1. The van der Waals surface area contributed by atoms with E-state index in [1.807, 2.05) is 0 Å². The summed E-state index contributed by atoms with van der Waals surface area (Å²) in [5.74, 6) is -0.395. The highest BCUT2D eigenvalue weighted by atomic mass is 79.9. The lowest BCUT2D eigenvalue weighted by Gasteiger charge is -2.30. The molecule has 24 heavy (non-hydrogen) atoms. The molecule has 4 rings (SSSR count). The summed E-state index contributed by atoms with van der Waals surface area (Å²) in [6.45, 7) is 1.96. The first-order valence-electron chi connectivity index (χ1n) is 7.63. The topological polar surface area (TPSA) is 68.6 Å². The lowest BCUT2D eigenvalue weighted by Crippen LogP contribution is -3.08. The number of carbonyl (C=O) groups is 1. The monoisotopic (exact) mass is 427 g/mol. The van der Waals surface area contributed by atoms with E-state index in [4.69, 9.17) is 11.6 Å². The normalized spacial score (nSPS) is 22.4. The predicted octanol–water partition coefficient (Wildman–Crippen LogP) is 1.66. The van der Waals surface area contributed by atoms with E-state index in [-0.39, 0.29) is 16.7 Å². The Labute approximate surface area is 156 Å². The molecule has 2 atom stereocenters. The van der Waals surface area contributed by atoms with Gasteiger partial charge >= 0.3 is 0 Å². The van der Waals surface area contributed by atoms with Gasteiger partial charge in [-0.25, -0.2) is 0 Å². The first-order chi connectivity index (χ1) is 11.4. The molecule has 0 aliphatic carbocycles. The zero-order valence-corrected chi connectivity index (χ0v) is 16.0. The summed E-state index contributed by atoms with van der Waals surface area (Å²) < 4.78 is 0.708. The molecule has 2 aromatic rings. The third-order valence-electron chi connectivity index (χ3n) is 4.48. The fourth-order valence-electron chi connectivity index (χ4n) is 3.28. The average Bonchev–Trinajstić information content (AvgIpc) is 2.88. The molecule has 0 saturated carbocycles.